The van der Waals surface area contributed by atoms with E-state index < -0.39 is 0 Å². The van der Waals surface area contributed by atoms with Crippen molar-refractivity contribution in [2.75, 3.05) is 0 Å². The predicted octanol–water partition coefficient (Wildman–Crippen LogP) is 14.1. The van der Waals surface area contributed by atoms with Gasteiger partial charge in [-0.3, -0.25) is 4.98 Å². The molecule has 0 aliphatic heterocycles. The highest BCUT2D eigenvalue weighted by atomic mass is 32.1. The van der Waals surface area contributed by atoms with Crippen LogP contribution < -0.4 is 0 Å². The fourth-order valence-electron chi connectivity index (χ4n) is 7.87. The second-order valence-corrected chi connectivity index (χ2v) is 15.1. The first-order valence-corrected chi connectivity index (χ1v) is 19.5. The third-order valence-electron chi connectivity index (χ3n) is 10.6. The maximum Gasteiger partial charge on any atom is 0.160 e. The number of nitrogens with zero attached hydrogens (tertiary/aromatic N) is 3. The summed E-state index contributed by atoms with van der Waals surface area (Å²) in [6, 6.07) is 61.8. The number of fused-ring (bicyclic) bond motifs is 6. The van der Waals surface area contributed by atoms with Gasteiger partial charge in [-0.05, 0) is 76.3 Å². The summed E-state index contributed by atoms with van der Waals surface area (Å²) >= 11 is 1.85. The number of pyridine rings is 1. The molecule has 11 aromatic rings. The van der Waals surface area contributed by atoms with Crippen LogP contribution >= 0.6 is 11.3 Å². The lowest BCUT2D eigenvalue weighted by Gasteiger charge is -2.12. The van der Waals surface area contributed by atoms with E-state index in [1.165, 1.54) is 31.3 Å². The largest absolute Gasteiger partial charge is 0.455 e. The minimum atomic E-state index is 0.685. The molecule has 4 heterocycles. The van der Waals surface area contributed by atoms with E-state index >= 15 is 0 Å². The van der Waals surface area contributed by atoms with Gasteiger partial charge in [-0.1, -0.05) is 127 Å². The van der Waals surface area contributed by atoms with Gasteiger partial charge in [-0.15, -0.1) is 11.3 Å². The minimum Gasteiger partial charge on any atom is -0.455 e. The number of hydrogen-bond acceptors (Lipinski definition) is 5. The van der Waals surface area contributed by atoms with Crippen molar-refractivity contribution >= 4 is 53.4 Å². The topological polar surface area (TPSA) is 51.8 Å². The Balaban J connectivity index is 1.01. The summed E-state index contributed by atoms with van der Waals surface area (Å²) in [5.41, 5.74) is 13.2. The van der Waals surface area contributed by atoms with Crippen LogP contribution in [0.25, 0.3) is 109 Å². The Labute approximate surface area is 327 Å². The molecule has 0 aliphatic rings. The van der Waals surface area contributed by atoms with Crippen LogP contribution in [0.2, 0.25) is 0 Å². The van der Waals surface area contributed by atoms with Gasteiger partial charge < -0.3 is 4.42 Å². The molecule has 0 radical (unpaired) electrons. The predicted molar refractivity (Wildman–Crippen MR) is 233 cm³/mol. The van der Waals surface area contributed by atoms with Crippen LogP contribution in [0.1, 0.15) is 0 Å². The summed E-state index contributed by atoms with van der Waals surface area (Å²) in [7, 11) is 0. The van der Waals surface area contributed by atoms with Crippen molar-refractivity contribution in [1.82, 2.24) is 15.0 Å². The Kier molecular flexibility index (Phi) is 7.64. The van der Waals surface area contributed by atoms with Crippen LogP contribution in [0.3, 0.4) is 0 Å². The van der Waals surface area contributed by atoms with Crippen molar-refractivity contribution in [2.45, 2.75) is 0 Å². The van der Waals surface area contributed by atoms with Crippen LogP contribution in [-0.2, 0) is 0 Å². The number of thiophene rings is 1. The van der Waals surface area contributed by atoms with Crippen molar-refractivity contribution < 1.29 is 4.42 Å². The molecular weight excluding hydrogens is 703 g/mol. The summed E-state index contributed by atoms with van der Waals surface area (Å²) in [5, 5.41) is 4.85. The van der Waals surface area contributed by atoms with Gasteiger partial charge in [0.1, 0.15) is 11.2 Å². The molecule has 0 saturated carbocycles. The van der Waals surface area contributed by atoms with Crippen molar-refractivity contribution in [1.29, 1.82) is 0 Å². The maximum absolute atomic E-state index is 6.70. The zero-order valence-electron chi connectivity index (χ0n) is 30.1. The molecule has 0 unspecified atom stereocenters. The first kappa shape index (κ1) is 32.2. The molecule has 262 valence electrons. The summed E-state index contributed by atoms with van der Waals surface area (Å²) < 4.78 is 9.29. The Morgan fingerprint density at radius 2 is 1.05 bits per heavy atom. The molecule has 0 atom stereocenters. The lowest BCUT2D eigenvalue weighted by molar-refractivity contribution is 0.670. The fourth-order valence-corrected chi connectivity index (χ4v) is 9.02. The average Bonchev–Trinajstić information content (AvgIpc) is 3.85. The van der Waals surface area contributed by atoms with Gasteiger partial charge in [0.2, 0.25) is 0 Å². The van der Waals surface area contributed by atoms with Gasteiger partial charge in [-0.25, -0.2) is 9.97 Å². The smallest absolute Gasteiger partial charge is 0.160 e. The van der Waals surface area contributed by atoms with Crippen molar-refractivity contribution in [3.63, 3.8) is 0 Å². The fraction of sp³-hybridized carbons (Fsp3) is 0. The van der Waals surface area contributed by atoms with Crippen LogP contribution in [-0.4, -0.2) is 15.0 Å². The second kappa shape index (κ2) is 13.3. The van der Waals surface area contributed by atoms with Gasteiger partial charge in [-0.2, -0.15) is 0 Å². The number of benzene rings is 7. The maximum atomic E-state index is 6.70. The van der Waals surface area contributed by atoms with E-state index in [9.17, 15) is 0 Å². The van der Waals surface area contributed by atoms with Crippen molar-refractivity contribution in [3.05, 3.63) is 188 Å². The lowest BCUT2D eigenvalue weighted by Crippen LogP contribution is -1.96. The molecule has 0 bridgehead atoms. The Morgan fingerprint density at radius 3 is 1.91 bits per heavy atom. The van der Waals surface area contributed by atoms with Gasteiger partial charge in [0, 0.05) is 65.6 Å². The quantitative estimate of drug-likeness (QED) is 0.171. The van der Waals surface area contributed by atoms with E-state index in [2.05, 4.69) is 145 Å². The molecule has 0 N–H and O–H groups in total. The first-order valence-electron chi connectivity index (χ1n) is 18.7. The van der Waals surface area contributed by atoms with Crippen LogP contribution in [0, 0.1) is 0 Å². The number of furan rings is 1. The van der Waals surface area contributed by atoms with Crippen molar-refractivity contribution in [2.24, 2.45) is 0 Å². The summed E-state index contributed by atoms with van der Waals surface area (Å²) in [4.78, 5) is 14.4. The van der Waals surface area contributed by atoms with Crippen LogP contribution in [0.15, 0.2) is 193 Å². The summed E-state index contributed by atoms with van der Waals surface area (Å²) in [5.74, 6) is 0.685. The molecule has 0 fully saturated rings. The molecule has 0 saturated heterocycles. The molecule has 4 aromatic heterocycles. The average molecular weight is 734 g/mol. The highest BCUT2D eigenvalue weighted by Crippen LogP contribution is 2.44. The highest BCUT2D eigenvalue weighted by molar-refractivity contribution is 7.25. The number of para-hydroxylation sites is 1. The molecule has 56 heavy (non-hydrogen) atoms. The number of aromatic nitrogens is 3. The van der Waals surface area contributed by atoms with Crippen LogP contribution in [0.4, 0.5) is 0 Å². The normalized spacial score (nSPS) is 11.6. The van der Waals surface area contributed by atoms with E-state index in [-0.39, 0.29) is 0 Å². The molecule has 5 heteroatoms. The molecule has 4 nitrogen and oxygen atoms in total. The zero-order chi connectivity index (χ0) is 37.0. The van der Waals surface area contributed by atoms with Gasteiger partial charge in [0.25, 0.3) is 0 Å². The first-order chi connectivity index (χ1) is 27.7. The molecule has 11 rings (SSSR count). The molecule has 7 aromatic carbocycles. The van der Waals surface area contributed by atoms with Gasteiger partial charge in [0.15, 0.2) is 5.82 Å². The van der Waals surface area contributed by atoms with Gasteiger partial charge >= 0.3 is 0 Å². The number of rotatable bonds is 6. The molecule has 0 spiro atoms. The van der Waals surface area contributed by atoms with Crippen LogP contribution in [0.5, 0.6) is 0 Å². The summed E-state index contributed by atoms with van der Waals surface area (Å²) in [6.45, 7) is 0. The monoisotopic (exact) mass is 733 g/mol. The molecule has 0 amide bonds. The van der Waals surface area contributed by atoms with E-state index in [1.54, 1.807) is 0 Å². The van der Waals surface area contributed by atoms with E-state index in [0.717, 1.165) is 72.3 Å². The summed E-state index contributed by atoms with van der Waals surface area (Å²) in [6.07, 6.45) is 3.64. The molecule has 0 aliphatic carbocycles. The third kappa shape index (κ3) is 5.56. The minimum absolute atomic E-state index is 0.685. The van der Waals surface area contributed by atoms with E-state index in [4.69, 9.17) is 14.4 Å². The SMILES string of the molecule is c1ccc(-c2nc(-c3ccc(-c4ccc(-c5ccc6c(c5)sc5ccccc56)c5c4oc4ccccc45)cc3)cc(-c3cccc(-c4ccncc4)c3)n2)cc1. The highest BCUT2D eigenvalue weighted by Gasteiger charge is 2.19. The standard InChI is InChI=1S/C51H31N3OS/c1-2-9-35(10-3-1)51-53-44(31-45(54-51)38-12-8-11-36(29-38)32-25-27-52-28-26-32)34-19-17-33(18-20-34)40-24-23-39(49-43-14-4-6-15-46(43)55-50(40)49)37-21-22-42-41-13-5-7-16-47(41)56-48(42)30-37/h1-31H. The Hall–Kier alpha value is -7.21. The Morgan fingerprint density at radius 1 is 0.393 bits per heavy atom. The lowest BCUT2D eigenvalue weighted by atomic mass is 9.94. The van der Waals surface area contributed by atoms with Crippen molar-refractivity contribution in [3.8, 4) is 67.3 Å². The van der Waals surface area contributed by atoms with E-state index in [1.807, 2.05) is 60.1 Å². The second-order valence-electron chi connectivity index (χ2n) is 14.0. The van der Waals surface area contributed by atoms with Gasteiger partial charge in [0.05, 0.1) is 11.4 Å². The number of hydrogen-bond donors (Lipinski definition) is 0. The zero-order valence-corrected chi connectivity index (χ0v) is 30.9. The Bertz CT molecular complexity index is 3240. The third-order valence-corrected chi connectivity index (χ3v) is 11.8. The molecular formula is C51H31N3OS. The van der Waals surface area contributed by atoms with E-state index in [0.29, 0.717) is 5.82 Å².